The fraction of sp³-hybridized carbons (Fsp3) is 0.194. The maximum atomic E-state index is 12.8. The molecule has 0 atom stereocenters. The first-order chi connectivity index (χ1) is 24.3. The molecular weight excluding hydrogens is 691 g/mol. The summed E-state index contributed by atoms with van der Waals surface area (Å²) in [4.78, 5) is 28.1. The first-order valence-corrected chi connectivity index (χ1v) is 17.2. The minimum absolute atomic E-state index is 0.0305. The second-order valence-electron chi connectivity index (χ2n) is 11.7. The lowest BCUT2D eigenvalue weighted by atomic mass is 9.93. The number of pyridine rings is 1. The minimum Gasteiger partial charge on any atom is -0.490 e. The number of sulfonamides is 1. The number of carbonyl (C=O) groups is 2. The van der Waals surface area contributed by atoms with Gasteiger partial charge in [0.25, 0.3) is 5.91 Å². The van der Waals surface area contributed by atoms with Crippen molar-refractivity contribution in [3.05, 3.63) is 114 Å². The van der Waals surface area contributed by atoms with Crippen molar-refractivity contribution in [1.82, 2.24) is 9.71 Å². The maximum absolute atomic E-state index is 12.8. The third-order valence-electron chi connectivity index (χ3n) is 8.08. The average Bonchev–Trinajstić information content (AvgIpc) is 3.09. The lowest BCUT2D eigenvalue weighted by Gasteiger charge is -2.29. The Kier molecular flexibility index (Phi) is 10.1. The number of halogens is 3. The van der Waals surface area contributed by atoms with Gasteiger partial charge in [0.05, 0.1) is 27.8 Å². The van der Waals surface area contributed by atoms with Gasteiger partial charge in [0, 0.05) is 18.3 Å². The summed E-state index contributed by atoms with van der Waals surface area (Å²) in [6.07, 6.45) is -1.44. The number of amides is 1. The second kappa shape index (κ2) is 14.7. The smallest absolute Gasteiger partial charge is 0.490 e. The lowest BCUT2D eigenvalue weighted by molar-refractivity contribution is -0.274. The summed E-state index contributed by atoms with van der Waals surface area (Å²) < 4.78 is 81.3. The molecule has 15 heteroatoms. The van der Waals surface area contributed by atoms with Crippen molar-refractivity contribution in [1.29, 1.82) is 0 Å². The van der Waals surface area contributed by atoms with E-state index in [0.717, 1.165) is 35.0 Å². The van der Waals surface area contributed by atoms with Crippen LogP contribution in [0.4, 0.5) is 18.9 Å². The standard InChI is InChI=1S/C36H30F3N3O8S/c37-36(38,39)50-27-14-16-30(17-15-27)51(46,47)42-25-8-12-26(13-9-25)48-28-10-5-23-20-29(11-6-22(23)19-28)49-33-18-7-24(21-40-33)34(43)41-32-4-2-1-3-31(32)35(44)45/h1-7,10-11,14-21,25-26,42H,8-9,12-13H2,(H,41,43)(H,44,45). The molecule has 11 nitrogen and oxygen atoms in total. The fourth-order valence-corrected chi connectivity index (χ4v) is 6.91. The highest BCUT2D eigenvalue weighted by Crippen LogP contribution is 2.31. The molecular formula is C36H30F3N3O8S. The highest BCUT2D eigenvalue weighted by molar-refractivity contribution is 7.89. The predicted molar refractivity (Wildman–Crippen MR) is 180 cm³/mol. The van der Waals surface area contributed by atoms with Gasteiger partial charge in [-0.1, -0.05) is 24.3 Å². The van der Waals surface area contributed by atoms with Crippen LogP contribution in [0.1, 0.15) is 46.4 Å². The maximum Gasteiger partial charge on any atom is 0.573 e. The van der Waals surface area contributed by atoms with Crippen molar-refractivity contribution in [2.75, 3.05) is 5.32 Å². The molecule has 0 bridgehead atoms. The van der Waals surface area contributed by atoms with Gasteiger partial charge < -0.3 is 24.6 Å². The van der Waals surface area contributed by atoms with Crippen molar-refractivity contribution in [2.45, 2.75) is 49.1 Å². The van der Waals surface area contributed by atoms with Gasteiger partial charge in [-0.3, -0.25) is 4.79 Å². The summed E-state index contributed by atoms with van der Waals surface area (Å²) in [5.74, 6) is -0.757. The van der Waals surface area contributed by atoms with Gasteiger partial charge in [-0.2, -0.15) is 0 Å². The zero-order valence-electron chi connectivity index (χ0n) is 26.6. The van der Waals surface area contributed by atoms with E-state index in [1.807, 2.05) is 30.3 Å². The Bertz CT molecular complexity index is 2150. The number of anilines is 1. The number of para-hydroxylation sites is 1. The molecule has 0 spiro atoms. The second-order valence-corrected chi connectivity index (χ2v) is 13.4. The van der Waals surface area contributed by atoms with Gasteiger partial charge in [0.1, 0.15) is 17.2 Å². The SMILES string of the molecule is O=C(Nc1ccccc1C(=O)O)c1ccc(Oc2ccc3cc(OC4CCC(NS(=O)(=O)c5ccc(OC(F)(F)F)cc5)CC4)ccc3c2)nc1. The van der Waals surface area contributed by atoms with E-state index in [1.54, 1.807) is 18.2 Å². The number of carboxylic acids is 1. The topological polar surface area (TPSA) is 153 Å². The molecule has 0 radical (unpaired) electrons. The molecule has 3 N–H and O–H groups in total. The Morgan fingerprint density at radius 3 is 2.10 bits per heavy atom. The number of nitrogens with one attached hydrogen (secondary N) is 2. The van der Waals surface area contributed by atoms with E-state index in [2.05, 4.69) is 19.8 Å². The first-order valence-electron chi connectivity index (χ1n) is 15.7. The van der Waals surface area contributed by atoms with E-state index in [4.69, 9.17) is 9.47 Å². The lowest BCUT2D eigenvalue weighted by Crippen LogP contribution is -2.39. The number of benzene rings is 4. The van der Waals surface area contributed by atoms with Gasteiger partial charge in [0.15, 0.2) is 0 Å². The molecule has 51 heavy (non-hydrogen) atoms. The molecule has 4 aromatic carbocycles. The monoisotopic (exact) mass is 721 g/mol. The zero-order chi connectivity index (χ0) is 36.2. The number of rotatable bonds is 11. The number of fused-ring (bicyclic) bond motifs is 1. The Morgan fingerprint density at radius 1 is 0.804 bits per heavy atom. The summed E-state index contributed by atoms with van der Waals surface area (Å²) in [5.41, 5.74) is 0.358. The van der Waals surface area contributed by atoms with Crippen LogP contribution in [0.5, 0.6) is 23.1 Å². The number of nitrogens with zero attached hydrogens (tertiary/aromatic N) is 1. The third-order valence-corrected chi connectivity index (χ3v) is 9.61. The van der Waals surface area contributed by atoms with Crippen molar-refractivity contribution in [2.24, 2.45) is 0 Å². The van der Waals surface area contributed by atoms with Crippen LogP contribution < -0.4 is 24.2 Å². The van der Waals surface area contributed by atoms with Gasteiger partial charge in [-0.15, -0.1) is 13.2 Å². The summed E-state index contributed by atoms with van der Waals surface area (Å²) in [6.45, 7) is 0. The molecule has 0 unspecified atom stereocenters. The van der Waals surface area contributed by atoms with Crippen LogP contribution in [-0.4, -0.2) is 48.9 Å². The molecule has 264 valence electrons. The van der Waals surface area contributed by atoms with E-state index in [9.17, 15) is 36.3 Å². The summed E-state index contributed by atoms with van der Waals surface area (Å²) >= 11 is 0. The number of hydrogen-bond acceptors (Lipinski definition) is 8. The molecule has 0 saturated heterocycles. The van der Waals surface area contributed by atoms with Crippen LogP contribution >= 0.6 is 0 Å². The molecule has 1 aromatic heterocycles. The molecule has 0 aliphatic heterocycles. The van der Waals surface area contributed by atoms with Gasteiger partial charge >= 0.3 is 12.3 Å². The van der Waals surface area contributed by atoms with Crippen molar-refractivity contribution in [3.63, 3.8) is 0 Å². The number of carbonyl (C=O) groups excluding carboxylic acids is 1. The number of hydrogen-bond donors (Lipinski definition) is 3. The molecule has 1 heterocycles. The normalized spacial score (nSPS) is 16.3. The number of carboxylic acid groups (broad SMARTS) is 1. The summed E-state index contributed by atoms with van der Waals surface area (Å²) in [5, 5.41) is 13.7. The zero-order valence-corrected chi connectivity index (χ0v) is 27.4. The van der Waals surface area contributed by atoms with Crippen LogP contribution in [-0.2, 0) is 10.0 Å². The Morgan fingerprint density at radius 2 is 1.45 bits per heavy atom. The molecule has 1 fully saturated rings. The first kappa shape index (κ1) is 35.2. The Balaban J connectivity index is 1.000. The van der Waals surface area contributed by atoms with Gasteiger partial charge in [0.2, 0.25) is 15.9 Å². The van der Waals surface area contributed by atoms with Crippen LogP contribution in [0, 0.1) is 0 Å². The number of ether oxygens (including phenoxy) is 3. The molecule has 5 aromatic rings. The average molecular weight is 722 g/mol. The Labute approximate surface area is 290 Å². The molecule has 6 rings (SSSR count). The van der Waals surface area contributed by atoms with E-state index in [0.29, 0.717) is 37.2 Å². The van der Waals surface area contributed by atoms with E-state index in [1.165, 1.54) is 30.5 Å². The highest BCUT2D eigenvalue weighted by Gasteiger charge is 2.31. The van der Waals surface area contributed by atoms with Gasteiger partial charge in [-0.05, 0) is 103 Å². The molecule has 1 amide bonds. The van der Waals surface area contributed by atoms with Gasteiger partial charge in [-0.25, -0.2) is 22.9 Å². The highest BCUT2D eigenvalue weighted by atomic mass is 32.2. The van der Waals surface area contributed by atoms with Crippen LogP contribution in [0.2, 0.25) is 0 Å². The van der Waals surface area contributed by atoms with E-state index < -0.39 is 34.0 Å². The van der Waals surface area contributed by atoms with Crippen molar-refractivity contribution >= 4 is 38.4 Å². The Hall–Kier alpha value is -5.67. The molecule has 1 aliphatic rings. The predicted octanol–water partition coefficient (Wildman–Crippen LogP) is 7.54. The fourth-order valence-electron chi connectivity index (χ4n) is 5.61. The van der Waals surface area contributed by atoms with Crippen molar-refractivity contribution < 1.29 is 50.5 Å². The number of aromatic carboxylic acids is 1. The van der Waals surface area contributed by atoms with Crippen LogP contribution in [0.25, 0.3) is 10.8 Å². The minimum atomic E-state index is -4.87. The molecule has 1 aliphatic carbocycles. The molecule has 1 saturated carbocycles. The quantitative estimate of drug-likeness (QED) is 0.126. The summed E-state index contributed by atoms with van der Waals surface area (Å²) in [6, 6.07) is 23.9. The van der Waals surface area contributed by atoms with Crippen LogP contribution in [0.15, 0.2) is 108 Å². The largest absolute Gasteiger partial charge is 0.573 e. The van der Waals surface area contributed by atoms with E-state index in [-0.39, 0.29) is 39.7 Å². The third kappa shape index (κ3) is 9.12. The van der Waals surface area contributed by atoms with E-state index >= 15 is 0 Å². The number of aromatic nitrogens is 1. The number of alkyl halides is 3. The van der Waals surface area contributed by atoms with Crippen molar-refractivity contribution in [3.8, 4) is 23.1 Å². The summed E-state index contributed by atoms with van der Waals surface area (Å²) in [7, 11) is -3.94. The van der Waals surface area contributed by atoms with Crippen LogP contribution in [0.3, 0.4) is 0 Å².